The normalized spacial score (nSPS) is 30.0. The Balaban J connectivity index is 2.46. The third-order valence-corrected chi connectivity index (χ3v) is 2.64. The van der Waals surface area contributed by atoms with Crippen LogP contribution < -0.4 is 0 Å². The van der Waals surface area contributed by atoms with Crippen LogP contribution in [-0.4, -0.2) is 25.4 Å². The SMILES string of the molecule is CC(C)OC1CCOCC1C(C)C. The lowest BCUT2D eigenvalue weighted by Gasteiger charge is -2.35. The molecule has 0 amide bonds. The van der Waals surface area contributed by atoms with Gasteiger partial charge < -0.3 is 9.47 Å². The van der Waals surface area contributed by atoms with Crippen molar-refractivity contribution in [2.75, 3.05) is 13.2 Å². The fourth-order valence-electron chi connectivity index (χ4n) is 1.88. The first kappa shape index (κ1) is 11.0. The fourth-order valence-corrected chi connectivity index (χ4v) is 1.88. The minimum absolute atomic E-state index is 0.337. The van der Waals surface area contributed by atoms with Crippen molar-refractivity contribution in [2.24, 2.45) is 11.8 Å². The molecule has 0 saturated carbocycles. The maximum absolute atomic E-state index is 5.89. The lowest BCUT2D eigenvalue weighted by atomic mass is 9.88. The van der Waals surface area contributed by atoms with E-state index < -0.39 is 0 Å². The maximum atomic E-state index is 5.89. The van der Waals surface area contributed by atoms with Crippen molar-refractivity contribution in [3.05, 3.63) is 0 Å². The Morgan fingerprint density at radius 3 is 2.46 bits per heavy atom. The molecular weight excluding hydrogens is 164 g/mol. The second-order valence-electron chi connectivity index (χ2n) is 4.49. The number of hydrogen-bond acceptors (Lipinski definition) is 2. The molecule has 1 heterocycles. The topological polar surface area (TPSA) is 18.5 Å². The molecule has 0 aromatic carbocycles. The van der Waals surface area contributed by atoms with Gasteiger partial charge in [-0.1, -0.05) is 13.8 Å². The Labute approximate surface area is 81.6 Å². The summed E-state index contributed by atoms with van der Waals surface area (Å²) in [7, 11) is 0. The standard InChI is InChI=1S/C11H22O2/c1-8(2)10-7-12-6-5-11(10)13-9(3)4/h8-11H,5-7H2,1-4H3. The third kappa shape index (κ3) is 3.28. The molecule has 1 fully saturated rings. The largest absolute Gasteiger partial charge is 0.381 e. The van der Waals surface area contributed by atoms with Gasteiger partial charge in [0.2, 0.25) is 0 Å². The van der Waals surface area contributed by atoms with E-state index in [9.17, 15) is 0 Å². The summed E-state index contributed by atoms with van der Waals surface area (Å²) in [5.74, 6) is 1.24. The second kappa shape index (κ2) is 4.97. The Morgan fingerprint density at radius 2 is 1.92 bits per heavy atom. The first-order valence-electron chi connectivity index (χ1n) is 5.34. The zero-order chi connectivity index (χ0) is 9.84. The van der Waals surface area contributed by atoms with E-state index in [1.54, 1.807) is 0 Å². The minimum atomic E-state index is 0.337. The van der Waals surface area contributed by atoms with Gasteiger partial charge in [0.25, 0.3) is 0 Å². The number of ether oxygens (including phenoxy) is 2. The Kier molecular flexibility index (Phi) is 4.20. The molecule has 2 nitrogen and oxygen atoms in total. The van der Waals surface area contributed by atoms with Crippen LogP contribution in [0.5, 0.6) is 0 Å². The molecule has 2 unspecified atom stereocenters. The molecule has 1 rings (SSSR count). The van der Waals surface area contributed by atoms with E-state index in [0.29, 0.717) is 24.0 Å². The van der Waals surface area contributed by atoms with Crippen molar-refractivity contribution in [3.8, 4) is 0 Å². The molecule has 1 saturated heterocycles. The Bertz CT molecular complexity index is 143. The van der Waals surface area contributed by atoms with Gasteiger partial charge in [-0.3, -0.25) is 0 Å². The van der Waals surface area contributed by atoms with Crippen LogP contribution in [0, 0.1) is 11.8 Å². The van der Waals surface area contributed by atoms with Crippen LogP contribution in [0.15, 0.2) is 0 Å². The monoisotopic (exact) mass is 186 g/mol. The molecule has 78 valence electrons. The summed E-state index contributed by atoms with van der Waals surface area (Å²) >= 11 is 0. The van der Waals surface area contributed by atoms with Crippen LogP contribution in [0.25, 0.3) is 0 Å². The van der Waals surface area contributed by atoms with Crippen LogP contribution in [-0.2, 0) is 9.47 Å². The molecule has 2 atom stereocenters. The van der Waals surface area contributed by atoms with Crippen molar-refractivity contribution < 1.29 is 9.47 Å². The van der Waals surface area contributed by atoms with Crippen molar-refractivity contribution in [2.45, 2.75) is 46.3 Å². The molecule has 0 bridgehead atoms. The van der Waals surface area contributed by atoms with E-state index in [0.717, 1.165) is 19.6 Å². The molecule has 1 aliphatic heterocycles. The molecule has 0 N–H and O–H groups in total. The minimum Gasteiger partial charge on any atom is -0.381 e. The van der Waals surface area contributed by atoms with Gasteiger partial charge in [0.15, 0.2) is 0 Å². The van der Waals surface area contributed by atoms with Crippen molar-refractivity contribution in [1.82, 2.24) is 0 Å². The summed E-state index contributed by atoms with van der Waals surface area (Å²) in [4.78, 5) is 0. The van der Waals surface area contributed by atoms with Crippen molar-refractivity contribution in [3.63, 3.8) is 0 Å². The van der Waals surface area contributed by atoms with Crippen LogP contribution >= 0.6 is 0 Å². The Hall–Kier alpha value is -0.0800. The average molecular weight is 186 g/mol. The highest BCUT2D eigenvalue weighted by molar-refractivity contribution is 4.77. The molecule has 0 spiro atoms. The lowest BCUT2D eigenvalue weighted by molar-refractivity contribution is -0.106. The van der Waals surface area contributed by atoms with Crippen LogP contribution in [0.1, 0.15) is 34.1 Å². The summed E-state index contributed by atoms with van der Waals surface area (Å²) in [6.07, 6.45) is 1.80. The van der Waals surface area contributed by atoms with E-state index in [1.165, 1.54) is 0 Å². The van der Waals surface area contributed by atoms with E-state index in [2.05, 4.69) is 27.7 Å². The van der Waals surface area contributed by atoms with Crippen molar-refractivity contribution >= 4 is 0 Å². The quantitative estimate of drug-likeness (QED) is 0.674. The highest BCUT2D eigenvalue weighted by Gasteiger charge is 2.29. The van der Waals surface area contributed by atoms with Gasteiger partial charge in [0.1, 0.15) is 0 Å². The van der Waals surface area contributed by atoms with E-state index >= 15 is 0 Å². The van der Waals surface area contributed by atoms with Gasteiger partial charge in [0.05, 0.1) is 18.8 Å². The highest BCUT2D eigenvalue weighted by Crippen LogP contribution is 2.25. The molecular formula is C11H22O2. The van der Waals surface area contributed by atoms with E-state index in [4.69, 9.17) is 9.47 Å². The Morgan fingerprint density at radius 1 is 1.23 bits per heavy atom. The van der Waals surface area contributed by atoms with Gasteiger partial charge in [-0.2, -0.15) is 0 Å². The molecule has 0 aromatic rings. The van der Waals surface area contributed by atoms with Crippen LogP contribution in [0.3, 0.4) is 0 Å². The summed E-state index contributed by atoms with van der Waals surface area (Å²) in [6, 6.07) is 0. The highest BCUT2D eigenvalue weighted by atomic mass is 16.5. The predicted octanol–water partition coefficient (Wildman–Crippen LogP) is 2.47. The fraction of sp³-hybridized carbons (Fsp3) is 1.00. The molecule has 0 aromatic heterocycles. The smallest absolute Gasteiger partial charge is 0.0653 e. The number of rotatable bonds is 3. The van der Waals surface area contributed by atoms with Crippen molar-refractivity contribution in [1.29, 1.82) is 0 Å². The maximum Gasteiger partial charge on any atom is 0.0653 e. The molecule has 1 aliphatic rings. The summed E-state index contributed by atoms with van der Waals surface area (Å²) < 4.78 is 11.4. The van der Waals surface area contributed by atoms with Gasteiger partial charge in [0, 0.05) is 12.5 Å². The average Bonchev–Trinajstić information content (AvgIpc) is 2.03. The molecule has 13 heavy (non-hydrogen) atoms. The first-order chi connectivity index (χ1) is 6.11. The molecule has 2 heteroatoms. The first-order valence-corrected chi connectivity index (χ1v) is 5.34. The lowest BCUT2D eigenvalue weighted by Crippen LogP contribution is -2.38. The molecule has 0 aliphatic carbocycles. The van der Waals surface area contributed by atoms with Gasteiger partial charge >= 0.3 is 0 Å². The summed E-state index contributed by atoms with van der Waals surface area (Å²) in [5.41, 5.74) is 0. The molecule has 0 radical (unpaired) electrons. The second-order valence-corrected chi connectivity index (χ2v) is 4.49. The van der Waals surface area contributed by atoms with Crippen LogP contribution in [0.4, 0.5) is 0 Å². The summed E-state index contributed by atoms with van der Waals surface area (Å²) in [6.45, 7) is 10.4. The van der Waals surface area contributed by atoms with Crippen LogP contribution in [0.2, 0.25) is 0 Å². The third-order valence-electron chi connectivity index (χ3n) is 2.64. The van der Waals surface area contributed by atoms with E-state index in [1.807, 2.05) is 0 Å². The zero-order valence-electron chi connectivity index (χ0n) is 9.25. The predicted molar refractivity (Wildman–Crippen MR) is 53.8 cm³/mol. The van der Waals surface area contributed by atoms with Gasteiger partial charge in [-0.15, -0.1) is 0 Å². The van der Waals surface area contributed by atoms with E-state index in [-0.39, 0.29) is 0 Å². The zero-order valence-corrected chi connectivity index (χ0v) is 9.25. The summed E-state index contributed by atoms with van der Waals surface area (Å²) in [5, 5.41) is 0. The van der Waals surface area contributed by atoms with Gasteiger partial charge in [-0.05, 0) is 26.2 Å². The van der Waals surface area contributed by atoms with Gasteiger partial charge in [-0.25, -0.2) is 0 Å². The number of hydrogen-bond donors (Lipinski definition) is 0.